The number of rotatable bonds is 7. The van der Waals surface area contributed by atoms with Crippen molar-refractivity contribution in [1.29, 1.82) is 0 Å². The molecule has 1 aromatic rings. The van der Waals surface area contributed by atoms with Gasteiger partial charge in [0.25, 0.3) is 0 Å². The quantitative estimate of drug-likeness (QED) is 0.785. The second kappa shape index (κ2) is 5.63. The first-order valence-electron chi connectivity index (χ1n) is 6.90. The molecule has 1 aliphatic carbocycles. The minimum atomic E-state index is 0.661. The van der Waals surface area contributed by atoms with Crippen molar-refractivity contribution in [2.45, 2.75) is 59.0 Å². The van der Waals surface area contributed by atoms with Crippen LogP contribution in [0.1, 0.15) is 45.3 Å². The van der Waals surface area contributed by atoms with Crippen LogP contribution in [0, 0.1) is 5.92 Å². The molecule has 0 amide bonds. The zero-order valence-corrected chi connectivity index (χ0v) is 11.2. The molecule has 4 nitrogen and oxygen atoms in total. The van der Waals surface area contributed by atoms with Gasteiger partial charge in [-0.05, 0) is 25.7 Å². The maximum absolute atomic E-state index is 4.52. The van der Waals surface area contributed by atoms with Gasteiger partial charge in [-0.3, -0.25) is 0 Å². The van der Waals surface area contributed by atoms with E-state index in [-0.39, 0.29) is 0 Å². The highest BCUT2D eigenvalue weighted by atomic mass is 15.3. The van der Waals surface area contributed by atoms with Crippen molar-refractivity contribution in [2.24, 2.45) is 5.92 Å². The molecule has 1 heterocycles. The van der Waals surface area contributed by atoms with Gasteiger partial charge in [0.1, 0.15) is 5.82 Å². The largest absolute Gasteiger partial charge is 0.312 e. The molecule has 0 aromatic carbocycles. The normalized spacial score (nSPS) is 17.4. The molecule has 2 rings (SSSR count). The Hall–Kier alpha value is -0.900. The van der Waals surface area contributed by atoms with Gasteiger partial charge >= 0.3 is 0 Å². The van der Waals surface area contributed by atoms with Crippen LogP contribution in [0.25, 0.3) is 0 Å². The lowest BCUT2D eigenvalue weighted by atomic mass is 10.2. The minimum Gasteiger partial charge on any atom is -0.312 e. The van der Waals surface area contributed by atoms with Crippen molar-refractivity contribution < 1.29 is 0 Å². The van der Waals surface area contributed by atoms with Crippen molar-refractivity contribution in [3.63, 3.8) is 0 Å². The van der Waals surface area contributed by atoms with E-state index in [1.807, 2.05) is 0 Å². The summed E-state index contributed by atoms with van der Waals surface area (Å²) in [5, 5.41) is 8.11. The Morgan fingerprint density at radius 1 is 1.35 bits per heavy atom. The summed E-state index contributed by atoms with van der Waals surface area (Å²) in [6, 6.07) is 0.661. The van der Waals surface area contributed by atoms with Gasteiger partial charge in [-0.1, -0.05) is 13.8 Å². The van der Waals surface area contributed by atoms with E-state index in [9.17, 15) is 0 Å². The molecule has 1 unspecified atom stereocenters. The summed E-state index contributed by atoms with van der Waals surface area (Å²) in [5.74, 6) is 3.00. The topological polar surface area (TPSA) is 42.7 Å². The van der Waals surface area contributed by atoms with Crippen LogP contribution in [0.15, 0.2) is 0 Å². The summed E-state index contributed by atoms with van der Waals surface area (Å²) in [6.45, 7) is 8.47. The first kappa shape index (κ1) is 12.6. The van der Waals surface area contributed by atoms with Crippen LogP contribution in [-0.2, 0) is 19.4 Å². The predicted octanol–water partition coefficient (Wildman–Crippen LogP) is 1.79. The van der Waals surface area contributed by atoms with Gasteiger partial charge in [-0.25, -0.2) is 9.67 Å². The molecule has 0 bridgehead atoms. The van der Waals surface area contributed by atoms with Crippen LogP contribution >= 0.6 is 0 Å². The van der Waals surface area contributed by atoms with Crippen molar-refractivity contribution in [3.8, 4) is 0 Å². The molecule has 96 valence electrons. The molecule has 0 saturated heterocycles. The molecule has 4 heteroatoms. The lowest BCUT2D eigenvalue weighted by Gasteiger charge is -2.12. The Bertz CT molecular complexity index is 354. The van der Waals surface area contributed by atoms with E-state index in [2.05, 4.69) is 40.9 Å². The fourth-order valence-corrected chi connectivity index (χ4v) is 2.18. The molecular formula is C13H24N4. The Balaban J connectivity index is 1.82. The van der Waals surface area contributed by atoms with Gasteiger partial charge in [0, 0.05) is 25.4 Å². The van der Waals surface area contributed by atoms with E-state index in [0.29, 0.717) is 6.04 Å². The van der Waals surface area contributed by atoms with E-state index >= 15 is 0 Å². The van der Waals surface area contributed by atoms with E-state index in [0.717, 1.165) is 43.5 Å². The summed E-state index contributed by atoms with van der Waals surface area (Å²) in [5.41, 5.74) is 0. The number of nitrogens with zero attached hydrogens (tertiary/aromatic N) is 3. The molecule has 1 N–H and O–H groups in total. The average Bonchev–Trinajstić information content (AvgIpc) is 3.11. The standard InChI is InChI=1S/C13H24N4/c1-4-12-15-13(5-2)17(16-12)9-8-14-10(3)11-6-7-11/h10-11,14H,4-9H2,1-3H3. The number of nitrogens with one attached hydrogen (secondary N) is 1. The van der Waals surface area contributed by atoms with E-state index < -0.39 is 0 Å². The third-order valence-corrected chi connectivity index (χ3v) is 3.54. The number of aromatic nitrogens is 3. The molecule has 1 fully saturated rings. The average molecular weight is 236 g/mol. The predicted molar refractivity (Wildman–Crippen MR) is 69.0 cm³/mol. The molecule has 0 spiro atoms. The Morgan fingerprint density at radius 3 is 2.71 bits per heavy atom. The first-order valence-corrected chi connectivity index (χ1v) is 6.90. The van der Waals surface area contributed by atoms with Crippen LogP contribution in [0.3, 0.4) is 0 Å². The number of hydrogen-bond acceptors (Lipinski definition) is 3. The molecule has 1 aliphatic rings. The van der Waals surface area contributed by atoms with Crippen molar-refractivity contribution in [2.75, 3.05) is 6.54 Å². The van der Waals surface area contributed by atoms with E-state index in [1.54, 1.807) is 0 Å². The third-order valence-electron chi connectivity index (χ3n) is 3.54. The molecule has 17 heavy (non-hydrogen) atoms. The lowest BCUT2D eigenvalue weighted by Crippen LogP contribution is -2.31. The monoisotopic (exact) mass is 236 g/mol. The van der Waals surface area contributed by atoms with Crippen molar-refractivity contribution >= 4 is 0 Å². The van der Waals surface area contributed by atoms with Crippen LogP contribution in [-0.4, -0.2) is 27.4 Å². The van der Waals surface area contributed by atoms with E-state index in [1.165, 1.54) is 12.8 Å². The second-order valence-electron chi connectivity index (χ2n) is 4.95. The third kappa shape index (κ3) is 3.28. The van der Waals surface area contributed by atoms with Crippen LogP contribution in [0.4, 0.5) is 0 Å². The van der Waals surface area contributed by atoms with Gasteiger partial charge in [0.15, 0.2) is 5.82 Å². The molecule has 1 atom stereocenters. The summed E-state index contributed by atoms with van der Waals surface area (Å²) in [4.78, 5) is 4.52. The zero-order chi connectivity index (χ0) is 12.3. The molecule has 0 aliphatic heterocycles. The molecule has 1 saturated carbocycles. The highest BCUT2D eigenvalue weighted by Crippen LogP contribution is 2.32. The van der Waals surface area contributed by atoms with Crippen LogP contribution in [0.2, 0.25) is 0 Å². The maximum Gasteiger partial charge on any atom is 0.150 e. The maximum atomic E-state index is 4.52. The van der Waals surface area contributed by atoms with Crippen molar-refractivity contribution in [3.05, 3.63) is 11.6 Å². The Morgan fingerprint density at radius 2 is 2.12 bits per heavy atom. The van der Waals surface area contributed by atoms with Crippen LogP contribution < -0.4 is 5.32 Å². The van der Waals surface area contributed by atoms with E-state index in [4.69, 9.17) is 0 Å². The SMILES string of the molecule is CCc1nc(CC)n(CCNC(C)C2CC2)n1. The summed E-state index contributed by atoms with van der Waals surface area (Å²) in [6.07, 6.45) is 4.69. The summed E-state index contributed by atoms with van der Waals surface area (Å²) >= 11 is 0. The minimum absolute atomic E-state index is 0.661. The first-order chi connectivity index (χ1) is 8.24. The van der Waals surface area contributed by atoms with Crippen molar-refractivity contribution in [1.82, 2.24) is 20.1 Å². The smallest absolute Gasteiger partial charge is 0.150 e. The van der Waals surface area contributed by atoms with Gasteiger partial charge in [-0.2, -0.15) is 5.10 Å². The fourth-order valence-electron chi connectivity index (χ4n) is 2.18. The summed E-state index contributed by atoms with van der Waals surface area (Å²) < 4.78 is 2.06. The van der Waals surface area contributed by atoms with Gasteiger partial charge in [0.05, 0.1) is 6.54 Å². The molecule has 0 radical (unpaired) electrons. The number of aryl methyl sites for hydroxylation is 2. The zero-order valence-electron chi connectivity index (χ0n) is 11.2. The summed E-state index contributed by atoms with van der Waals surface area (Å²) in [7, 11) is 0. The van der Waals surface area contributed by atoms with Gasteiger partial charge in [-0.15, -0.1) is 0 Å². The van der Waals surface area contributed by atoms with Gasteiger partial charge < -0.3 is 5.32 Å². The number of hydrogen-bond donors (Lipinski definition) is 1. The van der Waals surface area contributed by atoms with Crippen LogP contribution in [0.5, 0.6) is 0 Å². The second-order valence-corrected chi connectivity index (χ2v) is 4.95. The fraction of sp³-hybridized carbons (Fsp3) is 0.846. The Labute approximate surface area is 104 Å². The molecular weight excluding hydrogens is 212 g/mol. The highest BCUT2D eigenvalue weighted by Gasteiger charge is 2.27. The molecule has 1 aromatic heterocycles. The lowest BCUT2D eigenvalue weighted by molar-refractivity contribution is 0.456. The Kier molecular flexibility index (Phi) is 4.15. The highest BCUT2D eigenvalue weighted by molar-refractivity contribution is 4.92. The van der Waals surface area contributed by atoms with Gasteiger partial charge in [0.2, 0.25) is 0 Å².